The van der Waals surface area contributed by atoms with Gasteiger partial charge in [-0.3, -0.25) is 0 Å². The zero-order valence-corrected chi connectivity index (χ0v) is 16.3. The number of rotatable bonds is 3. The molecule has 0 heterocycles. The Morgan fingerprint density at radius 3 is 2.79 bits per heavy atom. The summed E-state index contributed by atoms with van der Waals surface area (Å²) in [6, 6.07) is 17.4. The van der Waals surface area contributed by atoms with Crippen molar-refractivity contribution in [3.8, 4) is 5.75 Å². The molecule has 0 amide bonds. The fraction of sp³-hybridized carbons (Fsp3) is 0.231. The Morgan fingerprint density at radius 2 is 1.93 bits per heavy atom. The van der Waals surface area contributed by atoms with E-state index in [0.29, 0.717) is 5.69 Å². The number of nitrogens with two attached hydrogens (primary N) is 1. The van der Waals surface area contributed by atoms with E-state index in [9.17, 15) is 0 Å². The van der Waals surface area contributed by atoms with Gasteiger partial charge in [0.15, 0.2) is 0 Å². The maximum atomic E-state index is 6.14. The summed E-state index contributed by atoms with van der Waals surface area (Å²) in [5, 5.41) is 2.77. The summed E-state index contributed by atoms with van der Waals surface area (Å²) in [5.74, 6) is 0.739. The summed E-state index contributed by atoms with van der Waals surface area (Å²) in [4.78, 5) is 0. The number of nitrogen functional groups attached to an aromatic ring is 1. The van der Waals surface area contributed by atoms with Crippen molar-refractivity contribution in [1.82, 2.24) is 0 Å². The van der Waals surface area contributed by atoms with Gasteiger partial charge in [-0.15, -0.1) is 0 Å². The molecular weight excluding hydrogens is 342 g/mol. The van der Waals surface area contributed by atoms with Crippen LogP contribution in [0.4, 0.5) is 5.69 Å². The zero-order valence-electron chi connectivity index (χ0n) is 16.3. The van der Waals surface area contributed by atoms with Crippen LogP contribution < -0.4 is 10.5 Å². The fourth-order valence-electron chi connectivity index (χ4n) is 4.84. The quantitative estimate of drug-likeness (QED) is 0.570. The number of fused-ring (bicyclic) bond motifs is 4. The predicted octanol–water partition coefficient (Wildman–Crippen LogP) is 6.07. The van der Waals surface area contributed by atoms with Crippen LogP contribution in [0.1, 0.15) is 41.5 Å². The van der Waals surface area contributed by atoms with E-state index in [4.69, 9.17) is 10.5 Å². The van der Waals surface area contributed by atoms with Crippen molar-refractivity contribution in [2.75, 3.05) is 12.8 Å². The van der Waals surface area contributed by atoms with Crippen LogP contribution in [-0.4, -0.2) is 7.11 Å². The van der Waals surface area contributed by atoms with Gasteiger partial charge in [-0.2, -0.15) is 0 Å². The highest BCUT2D eigenvalue weighted by atomic mass is 16.5. The first-order valence-corrected chi connectivity index (χ1v) is 10.1. The smallest absolute Gasteiger partial charge is 0.141 e. The van der Waals surface area contributed by atoms with E-state index in [-0.39, 0.29) is 0 Å². The first-order chi connectivity index (χ1) is 13.7. The minimum atomic E-state index is 0.699. The van der Waals surface area contributed by atoms with E-state index in [1.165, 1.54) is 57.9 Å². The van der Waals surface area contributed by atoms with Crippen LogP contribution in [-0.2, 0) is 12.8 Å². The Kier molecular flexibility index (Phi) is 4.20. The summed E-state index contributed by atoms with van der Waals surface area (Å²) in [7, 11) is 1.66. The Labute approximate surface area is 166 Å². The van der Waals surface area contributed by atoms with Gasteiger partial charge in [0.05, 0.1) is 12.8 Å². The number of anilines is 1. The lowest BCUT2D eigenvalue weighted by atomic mass is 9.78. The van der Waals surface area contributed by atoms with Gasteiger partial charge in [0.2, 0.25) is 0 Å². The zero-order chi connectivity index (χ0) is 19.1. The molecule has 2 heteroatoms. The standard InChI is InChI=1S/C26H25NO/c1-28-25-14-9-17(16-24(25)27)15-20-7-4-6-19-11-12-22-21-8-3-2-5-18(21)10-13-23(22)26(19)20/h3-4,6-9,11-12,14,16H,2,5,10,13,15,27H2,1H3. The minimum absolute atomic E-state index is 0.699. The molecule has 0 saturated carbocycles. The first-order valence-electron chi connectivity index (χ1n) is 10.1. The molecule has 0 fully saturated rings. The van der Waals surface area contributed by atoms with E-state index in [2.05, 4.69) is 48.6 Å². The molecule has 2 nitrogen and oxygen atoms in total. The molecule has 0 atom stereocenters. The van der Waals surface area contributed by atoms with Crippen molar-refractivity contribution >= 4 is 22.0 Å². The van der Waals surface area contributed by atoms with Crippen molar-refractivity contribution in [1.29, 1.82) is 0 Å². The van der Waals surface area contributed by atoms with Crippen molar-refractivity contribution in [2.45, 2.75) is 32.1 Å². The number of aryl methyl sites for hydroxylation is 1. The highest BCUT2D eigenvalue weighted by molar-refractivity contribution is 5.96. The lowest BCUT2D eigenvalue weighted by Gasteiger charge is -2.26. The number of hydrogen-bond donors (Lipinski definition) is 1. The second kappa shape index (κ2) is 6.87. The normalized spacial score (nSPS) is 15.5. The van der Waals surface area contributed by atoms with Crippen molar-refractivity contribution in [3.63, 3.8) is 0 Å². The number of ether oxygens (including phenoxy) is 1. The Morgan fingerprint density at radius 1 is 1.00 bits per heavy atom. The average Bonchev–Trinajstić information content (AvgIpc) is 2.73. The van der Waals surface area contributed by atoms with Crippen LogP contribution in [0.2, 0.25) is 0 Å². The summed E-state index contributed by atoms with van der Waals surface area (Å²) in [6.07, 6.45) is 10.3. The molecule has 0 aromatic heterocycles. The topological polar surface area (TPSA) is 35.2 Å². The molecule has 3 aromatic carbocycles. The first kappa shape index (κ1) is 17.1. The molecule has 0 aliphatic heterocycles. The second-order valence-corrected chi connectivity index (χ2v) is 7.82. The van der Waals surface area contributed by atoms with Crippen LogP contribution in [0.3, 0.4) is 0 Å². The molecule has 2 aliphatic carbocycles. The number of methoxy groups -OCH3 is 1. The van der Waals surface area contributed by atoms with Crippen LogP contribution >= 0.6 is 0 Å². The molecule has 0 saturated heterocycles. The predicted molar refractivity (Wildman–Crippen MR) is 118 cm³/mol. The van der Waals surface area contributed by atoms with Gasteiger partial charge in [-0.05, 0) is 82.8 Å². The van der Waals surface area contributed by atoms with Crippen molar-refractivity contribution in [2.24, 2.45) is 0 Å². The molecular formula is C26H25NO. The molecule has 0 radical (unpaired) electrons. The number of benzene rings is 3. The Bertz CT molecular complexity index is 1140. The molecule has 0 unspecified atom stereocenters. The van der Waals surface area contributed by atoms with Crippen molar-refractivity contribution in [3.05, 3.63) is 88.5 Å². The van der Waals surface area contributed by atoms with Gasteiger partial charge in [0.1, 0.15) is 5.75 Å². The average molecular weight is 367 g/mol. The Hall–Kier alpha value is -3.00. The van der Waals surface area contributed by atoms with Gasteiger partial charge < -0.3 is 10.5 Å². The van der Waals surface area contributed by atoms with Gasteiger partial charge in [0.25, 0.3) is 0 Å². The maximum Gasteiger partial charge on any atom is 0.141 e. The van der Waals surface area contributed by atoms with E-state index in [1.54, 1.807) is 12.7 Å². The minimum Gasteiger partial charge on any atom is -0.495 e. The van der Waals surface area contributed by atoms with Crippen LogP contribution in [0, 0.1) is 0 Å². The Balaban J connectivity index is 1.64. The van der Waals surface area contributed by atoms with Crippen molar-refractivity contribution < 1.29 is 4.74 Å². The summed E-state index contributed by atoms with van der Waals surface area (Å²) in [6.45, 7) is 0. The van der Waals surface area contributed by atoms with E-state index < -0.39 is 0 Å². The summed E-state index contributed by atoms with van der Waals surface area (Å²) in [5.41, 5.74) is 15.5. The molecule has 0 spiro atoms. The van der Waals surface area contributed by atoms with Crippen LogP contribution in [0.5, 0.6) is 5.75 Å². The lowest BCUT2D eigenvalue weighted by Crippen LogP contribution is -2.08. The van der Waals surface area contributed by atoms with Gasteiger partial charge in [-0.1, -0.05) is 54.1 Å². The molecule has 3 aromatic rings. The SMILES string of the molecule is COc1ccc(Cc2cccc3ccc4c(c23)CCC2=C4C=CCC2)cc1N. The van der Waals surface area contributed by atoms with E-state index in [0.717, 1.165) is 18.6 Å². The molecule has 2 aliphatic rings. The third-order valence-corrected chi connectivity index (χ3v) is 6.17. The second-order valence-electron chi connectivity index (χ2n) is 7.82. The van der Waals surface area contributed by atoms with Gasteiger partial charge >= 0.3 is 0 Å². The monoisotopic (exact) mass is 367 g/mol. The molecule has 140 valence electrons. The highest BCUT2D eigenvalue weighted by Crippen LogP contribution is 2.41. The molecule has 5 rings (SSSR count). The van der Waals surface area contributed by atoms with E-state index in [1.807, 2.05) is 12.1 Å². The largest absolute Gasteiger partial charge is 0.495 e. The molecule has 0 bridgehead atoms. The van der Waals surface area contributed by atoms with Gasteiger partial charge in [-0.25, -0.2) is 0 Å². The van der Waals surface area contributed by atoms with Gasteiger partial charge in [0, 0.05) is 0 Å². The fourth-order valence-corrected chi connectivity index (χ4v) is 4.84. The molecule has 28 heavy (non-hydrogen) atoms. The third-order valence-electron chi connectivity index (χ3n) is 6.17. The number of hydrogen-bond acceptors (Lipinski definition) is 2. The van der Waals surface area contributed by atoms with Crippen LogP contribution in [0.25, 0.3) is 16.3 Å². The lowest BCUT2D eigenvalue weighted by molar-refractivity contribution is 0.417. The summed E-state index contributed by atoms with van der Waals surface area (Å²) >= 11 is 0. The maximum absolute atomic E-state index is 6.14. The highest BCUT2D eigenvalue weighted by Gasteiger charge is 2.21. The van der Waals surface area contributed by atoms with E-state index >= 15 is 0 Å². The summed E-state index contributed by atoms with van der Waals surface area (Å²) < 4.78 is 5.31. The van der Waals surface area contributed by atoms with Crippen LogP contribution in [0.15, 0.2) is 66.3 Å². The third kappa shape index (κ3) is 2.80. The number of allylic oxidation sites excluding steroid dienone is 4. The molecule has 2 N–H and O–H groups in total.